The minimum atomic E-state index is -0.398. The fraction of sp³-hybridized carbons (Fsp3) is 0.600. The molecule has 102 valence electrons. The van der Waals surface area contributed by atoms with Crippen molar-refractivity contribution in [2.24, 2.45) is 5.73 Å². The quantitative estimate of drug-likeness (QED) is 0.783. The van der Waals surface area contributed by atoms with Gasteiger partial charge < -0.3 is 15.6 Å². The Morgan fingerprint density at radius 1 is 1.39 bits per heavy atom. The second kappa shape index (κ2) is 7.39. The normalized spacial score (nSPS) is 14.3. The van der Waals surface area contributed by atoms with E-state index in [0.29, 0.717) is 6.54 Å². The largest absolute Gasteiger partial charge is 0.496 e. The Bertz CT molecular complexity index is 366. The van der Waals surface area contributed by atoms with E-state index in [9.17, 15) is 5.11 Å². The number of rotatable bonds is 7. The van der Waals surface area contributed by atoms with Crippen LogP contribution < -0.4 is 10.5 Å². The summed E-state index contributed by atoms with van der Waals surface area (Å²) in [5.74, 6) is 0.762. The summed E-state index contributed by atoms with van der Waals surface area (Å²) >= 11 is 0. The zero-order valence-electron chi connectivity index (χ0n) is 11.6. The first-order valence-electron chi connectivity index (χ1n) is 6.66. The van der Waals surface area contributed by atoms with E-state index >= 15 is 0 Å². The van der Waals surface area contributed by atoms with Gasteiger partial charge in [0, 0.05) is 18.0 Å². The average molecular weight is 251 g/mol. The van der Waals surface area contributed by atoms with Crippen LogP contribution in [0.2, 0.25) is 0 Å². The lowest BCUT2D eigenvalue weighted by atomic mass is 9.89. The van der Waals surface area contributed by atoms with E-state index in [2.05, 4.69) is 13.0 Å². The molecule has 0 aliphatic carbocycles. The maximum atomic E-state index is 10.3. The first kappa shape index (κ1) is 15.0. The van der Waals surface area contributed by atoms with Crippen molar-refractivity contribution in [3.63, 3.8) is 0 Å². The zero-order chi connectivity index (χ0) is 13.5. The molecule has 1 rings (SSSR count). The molecule has 0 amide bonds. The van der Waals surface area contributed by atoms with E-state index < -0.39 is 6.10 Å². The summed E-state index contributed by atoms with van der Waals surface area (Å²) < 4.78 is 5.37. The van der Waals surface area contributed by atoms with E-state index in [1.807, 2.05) is 19.1 Å². The Balaban J connectivity index is 2.96. The molecule has 1 aromatic rings. The van der Waals surface area contributed by atoms with E-state index in [-0.39, 0.29) is 5.92 Å². The molecule has 2 unspecified atom stereocenters. The third-order valence-corrected chi connectivity index (χ3v) is 3.36. The van der Waals surface area contributed by atoms with Crippen molar-refractivity contribution in [1.82, 2.24) is 0 Å². The number of aryl methyl sites for hydroxylation is 1. The number of unbranched alkanes of at least 4 members (excludes halogenated alkanes) is 1. The second-order valence-electron chi connectivity index (χ2n) is 4.80. The first-order valence-corrected chi connectivity index (χ1v) is 6.66. The minimum Gasteiger partial charge on any atom is -0.496 e. The fourth-order valence-electron chi connectivity index (χ4n) is 2.25. The SMILES string of the molecule is CCCCC(O)C(CN)c1cc(C)ccc1OC. The average Bonchev–Trinajstić information content (AvgIpc) is 2.37. The summed E-state index contributed by atoms with van der Waals surface area (Å²) in [5.41, 5.74) is 8.01. The van der Waals surface area contributed by atoms with Gasteiger partial charge in [-0.15, -0.1) is 0 Å². The van der Waals surface area contributed by atoms with E-state index in [1.165, 1.54) is 0 Å². The van der Waals surface area contributed by atoms with Crippen molar-refractivity contribution < 1.29 is 9.84 Å². The minimum absolute atomic E-state index is 0.0496. The Labute approximate surface area is 110 Å². The molecule has 1 aromatic carbocycles. The van der Waals surface area contributed by atoms with Gasteiger partial charge in [-0.3, -0.25) is 0 Å². The van der Waals surface area contributed by atoms with Crippen molar-refractivity contribution in [3.8, 4) is 5.75 Å². The monoisotopic (exact) mass is 251 g/mol. The second-order valence-corrected chi connectivity index (χ2v) is 4.80. The molecule has 3 heteroatoms. The molecule has 3 N–H and O–H groups in total. The van der Waals surface area contributed by atoms with Gasteiger partial charge in [-0.05, 0) is 19.4 Å². The third kappa shape index (κ3) is 3.72. The lowest BCUT2D eigenvalue weighted by molar-refractivity contribution is 0.131. The van der Waals surface area contributed by atoms with E-state index in [0.717, 1.165) is 36.1 Å². The number of aliphatic hydroxyl groups excluding tert-OH is 1. The van der Waals surface area contributed by atoms with Crippen molar-refractivity contribution in [2.75, 3.05) is 13.7 Å². The highest BCUT2D eigenvalue weighted by atomic mass is 16.5. The molecular formula is C15H25NO2. The Hall–Kier alpha value is -1.06. The van der Waals surface area contributed by atoms with Crippen LogP contribution in [0.25, 0.3) is 0 Å². The van der Waals surface area contributed by atoms with Gasteiger partial charge in [-0.2, -0.15) is 0 Å². The molecule has 0 aliphatic rings. The summed E-state index contributed by atoms with van der Waals surface area (Å²) in [6.45, 7) is 4.59. The lowest BCUT2D eigenvalue weighted by Gasteiger charge is -2.24. The Kier molecular flexibility index (Phi) is 6.16. The van der Waals surface area contributed by atoms with Gasteiger partial charge in [0.2, 0.25) is 0 Å². The predicted octanol–water partition coefficient (Wildman–Crippen LogP) is 2.60. The number of hydrogen-bond donors (Lipinski definition) is 2. The molecule has 0 spiro atoms. The molecule has 0 heterocycles. The molecule has 0 aromatic heterocycles. The predicted molar refractivity (Wildman–Crippen MR) is 75.1 cm³/mol. The van der Waals surface area contributed by atoms with Gasteiger partial charge in [0.25, 0.3) is 0 Å². The van der Waals surface area contributed by atoms with Crippen LogP contribution in [0.4, 0.5) is 0 Å². The standard InChI is InChI=1S/C15H25NO2/c1-4-5-6-14(17)13(10-16)12-9-11(2)7-8-15(12)18-3/h7-9,13-14,17H,4-6,10,16H2,1-3H3. The van der Waals surface area contributed by atoms with Crippen LogP contribution in [0.1, 0.15) is 43.2 Å². The fourth-order valence-corrected chi connectivity index (χ4v) is 2.25. The van der Waals surface area contributed by atoms with Crippen LogP contribution in [-0.2, 0) is 0 Å². The van der Waals surface area contributed by atoms with Gasteiger partial charge >= 0.3 is 0 Å². The van der Waals surface area contributed by atoms with E-state index in [4.69, 9.17) is 10.5 Å². The van der Waals surface area contributed by atoms with Crippen LogP contribution >= 0.6 is 0 Å². The Morgan fingerprint density at radius 3 is 2.67 bits per heavy atom. The van der Waals surface area contributed by atoms with Crippen molar-refractivity contribution in [2.45, 2.75) is 45.1 Å². The van der Waals surface area contributed by atoms with E-state index in [1.54, 1.807) is 7.11 Å². The molecule has 0 saturated heterocycles. The van der Waals surface area contributed by atoms with Crippen LogP contribution in [0.15, 0.2) is 18.2 Å². The lowest BCUT2D eigenvalue weighted by Crippen LogP contribution is -2.26. The molecule has 0 bridgehead atoms. The van der Waals surface area contributed by atoms with Gasteiger partial charge in [-0.25, -0.2) is 0 Å². The van der Waals surface area contributed by atoms with Crippen LogP contribution in [0.3, 0.4) is 0 Å². The van der Waals surface area contributed by atoms with Crippen LogP contribution in [0.5, 0.6) is 5.75 Å². The number of aliphatic hydroxyl groups is 1. The maximum absolute atomic E-state index is 10.3. The van der Waals surface area contributed by atoms with Crippen LogP contribution in [-0.4, -0.2) is 24.9 Å². The smallest absolute Gasteiger partial charge is 0.122 e. The molecule has 0 aliphatic heterocycles. The molecule has 0 radical (unpaired) electrons. The van der Waals surface area contributed by atoms with Gasteiger partial charge in [-0.1, -0.05) is 37.5 Å². The summed E-state index contributed by atoms with van der Waals surface area (Å²) in [6.07, 6.45) is 2.49. The van der Waals surface area contributed by atoms with Crippen molar-refractivity contribution >= 4 is 0 Å². The number of benzene rings is 1. The highest BCUT2D eigenvalue weighted by Gasteiger charge is 2.22. The van der Waals surface area contributed by atoms with Gasteiger partial charge in [0.15, 0.2) is 0 Å². The Morgan fingerprint density at radius 2 is 2.11 bits per heavy atom. The van der Waals surface area contributed by atoms with Gasteiger partial charge in [0.05, 0.1) is 13.2 Å². The molecule has 2 atom stereocenters. The van der Waals surface area contributed by atoms with Crippen molar-refractivity contribution in [3.05, 3.63) is 29.3 Å². The highest BCUT2D eigenvalue weighted by Crippen LogP contribution is 2.31. The zero-order valence-corrected chi connectivity index (χ0v) is 11.6. The number of methoxy groups -OCH3 is 1. The molecular weight excluding hydrogens is 226 g/mol. The number of hydrogen-bond acceptors (Lipinski definition) is 3. The van der Waals surface area contributed by atoms with Crippen molar-refractivity contribution in [1.29, 1.82) is 0 Å². The highest BCUT2D eigenvalue weighted by molar-refractivity contribution is 5.40. The topological polar surface area (TPSA) is 55.5 Å². The molecule has 0 saturated carbocycles. The third-order valence-electron chi connectivity index (χ3n) is 3.36. The first-order chi connectivity index (χ1) is 8.63. The summed E-state index contributed by atoms with van der Waals surface area (Å²) in [4.78, 5) is 0. The van der Waals surface area contributed by atoms with Gasteiger partial charge in [0.1, 0.15) is 5.75 Å². The molecule has 3 nitrogen and oxygen atoms in total. The molecule has 18 heavy (non-hydrogen) atoms. The summed E-state index contributed by atoms with van der Waals surface area (Å²) in [7, 11) is 1.65. The maximum Gasteiger partial charge on any atom is 0.122 e. The number of nitrogens with two attached hydrogens (primary N) is 1. The summed E-state index contributed by atoms with van der Waals surface area (Å²) in [6, 6.07) is 6.01. The van der Waals surface area contributed by atoms with Crippen LogP contribution in [0, 0.1) is 6.92 Å². The summed E-state index contributed by atoms with van der Waals surface area (Å²) in [5, 5.41) is 10.3. The molecule has 0 fully saturated rings. The number of ether oxygens (including phenoxy) is 1.